The van der Waals surface area contributed by atoms with Crippen LogP contribution in [-0.4, -0.2) is 18.8 Å². The molecule has 1 unspecified atom stereocenters. The summed E-state index contributed by atoms with van der Waals surface area (Å²) in [5, 5.41) is 11.5. The summed E-state index contributed by atoms with van der Waals surface area (Å²) in [5.74, 6) is 0. The Bertz CT molecular complexity index is 196. The van der Waals surface area contributed by atoms with Gasteiger partial charge in [-0.25, -0.2) is 0 Å². The second kappa shape index (κ2) is 7.52. The van der Waals surface area contributed by atoms with E-state index >= 15 is 0 Å². The Hall–Kier alpha value is -0.760. The minimum Gasteiger partial charge on any atom is -0.313 e. The zero-order chi connectivity index (χ0) is 11.7. The number of nitrogens with zero attached hydrogens (tertiary/aromatic N) is 1. The van der Waals surface area contributed by atoms with E-state index in [-0.39, 0.29) is 12.5 Å². The van der Waals surface area contributed by atoms with Crippen LogP contribution >= 0.6 is 0 Å². The van der Waals surface area contributed by atoms with Gasteiger partial charge in [-0.05, 0) is 25.8 Å². The van der Waals surface area contributed by atoms with Crippen LogP contribution in [0.2, 0.25) is 0 Å². The average Bonchev–Trinajstić information content (AvgIpc) is 2.14. The van der Waals surface area contributed by atoms with Crippen molar-refractivity contribution in [3.05, 3.63) is 0 Å². The fourth-order valence-electron chi connectivity index (χ4n) is 1.23. The number of nitrogens with one attached hydrogen (secondary N) is 1. The van der Waals surface area contributed by atoms with Crippen LogP contribution in [0.15, 0.2) is 0 Å². The molecule has 0 aromatic carbocycles. The lowest BCUT2D eigenvalue weighted by atomic mass is 10.1. The Kier molecular flexibility index (Phi) is 7.14. The summed E-state index contributed by atoms with van der Waals surface area (Å²) in [5.41, 5.74) is 0. The molecule has 0 saturated heterocycles. The molecule has 1 N–H and O–H groups in total. The molecule has 2 nitrogen and oxygen atoms in total. The predicted molar refractivity (Wildman–Crippen MR) is 52.2 cm³/mol. The first-order valence-corrected chi connectivity index (χ1v) is 5.16. The van der Waals surface area contributed by atoms with Crippen LogP contribution in [0.4, 0.5) is 13.2 Å². The van der Waals surface area contributed by atoms with Gasteiger partial charge in [0.2, 0.25) is 0 Å². The second-order valence-corrected chi connectivity index (χ2v) is 3.49. The number of unbranched alkanes of at least 4 members (excludes halogenated alkanes) is 1. The highest BCUT2D eigenvalue weighted by atomic mass is 19.4. The molecule has 0 aromatic heterocycles. The molecule has 0 spiro atoms. The predicted octanol–water partition coefficient (Wildman–Crippen LogP) is 3.00. The molecule has 5 heteroatoms. The van der Waals surface area contributed by atoms with Crippen LogP contribution in [0.3, 0.4) is 0 Å². The Morgan fingerprint density at radius 1 is 1.33 bits per heavy atom. The molecule has 0 bridgehead atoms. The summed E-state index contributed by atoms with van der Waals surface area (Å²) in [7, 11) is 0. The molecule has 0 aliphatic heterocycles. The van der Waals surface area contributed by atoms with Crippen molar-refractivity contribution >= 4 is 0 Å². The largest absolute Gasteiger partial charge is 0.389 e. The lowest BCUT2D eigenvalue weighted by Crippen LogP contribution is -2.29. The Labute approximate surface area is 88.5 Å². The number of alkyl halides is 3. The van der Waals surface area contributed by atoms with Crippen LogP contribution in [0, 0.1) is 11.3 Å². The van der Waals surface area contributed by atoms with Crippen molar-refractivity contribution in [2.75, 3.05) is 6.54 Å². The third-order valence-corrected chi connectivity index (χ3v) is 2.15. The van der Waals surface area contributed by atoms with Gasteiger partial charge in [0.05, 0.1) is 12.5 Å². The van der Waals surface area contributed by atoms with Gasteiger partial charge in [-0.2, -0.15) is 18.4 Å². The molecule has 0 radical (unpaired) electrons. The van der Waals surface area contributed by atoms with E-state index in [2.05, 4.69) is 5.32 Å². The number of nitriles is 1. The lowest BCUT2D eigenvalue weighted by Gasteiger charge is -2.13. The maximum absolute atomic E-state index is 11.8. The molecule has 15 heavy (non-hydrogen) atoms. The van der Waals surface area contributed by atoms with Gasteiger partial charge in [0, 0.05) is 12.5 Å². The Balaban J connectivity index is 3.41. The third kappa shape index (κ3) is 9.54. The zero-order valence-electron chi connectivity index (χ0n) is 8.90. The highest BCUT2D eigenvalue weighted by molar-refractivity contribution is 4.79. The number of rotatable bonds is 7. The molecule has 0 fully saturated rings. The van der Waals surface area contributed by atoms with Crippen molar-refractivity contribution in [2.45, 2.75) is 51.2 Å². The van der Waals surface area contributed by atoms with Crippen LogP contribution in [-0.2, 0) is 0 Å². The fraction of sp³-hybridized carbons (Fsp3) is 0.900. The van der Waals surface area contributed by atoms with Gasteiger partial charge < -0.3 is 5.32 Å². The highest BCUT2D eigenvalue weighted by Crippen LogP contribution is 2.21. The first kappa shape index (κ1) is 14.2. The van der Waals surface area contributed by atoms with Crippen molar-refractivity contribution in [1.82, 2.24) is 5.32 Å². The van der Waals surface area contributed by atoms with E-state index < -0.39 is 12.6 Å². The molecule has 0 saturated carbocycles. The first-order chi connectivity index (χ1) is 6.99. The van der Waals surface area contributed by atoms with Gasteiger partial charge >= 0.3 is 6.18 Å². The number of halogens is 3. The van der Waals surface area contributed by atoms with Gasteiger partial charge in [-0.1, -0.05) is 6.92 Å². The van der Waals surface area contributed by atoms with E-state index in [1.54, 1.807) is 0 Å². The Morgan fingerprint density at radius 3 is 2.47 bits per heavy atom. The maximum Gasteiger partial charge on any atom is 0.389 e. The minimum atomic E-state index is -4.04. The van der Waals surface area contributed by atoms with Crippen LogP contribution in [0.5, 0.6) is 0 Å². The summed E-state index contributed by atoms with van der Waals surface area (Å²) < 4.78 is 35.3. The van der Waals surface area contributed by atoms with E-state index in [0.717, 1.165) is 6.42 Å². The van der Waals surface area contributed by atoms with E-state index in [1.165, 1.54) is 0 Å². The number of hydrogen-bond acceptors (Lipinski definition) is 2. The van der Waals surface area contributed by atoms with Crippen molar-refractivity contribution in [3.8, 4) is 6.07 Å². The summed E-state index contributed by atoms with van der Waals surface area (Å²) in [4.78, 5) is 0. The van der Waals surface area contributed by atoms with Gasteiger partial charge in [-0.3, -0.25) is 0 Å². The van der Waals surface area contributed by atoms with E-state index in [0.29, 0.717) is 19.4 Å². The van der Waals surface area contributed by atoms with Crippen molar-refractivity contribution in [3.63, 3.8) is 0 Å². The van der Waals surface area contributed by atoms with E-state index in [4.69, 9.17) is 5.26 Å². The van der Waals surface area contributed by atoms with Crippen LogP contribution in [0.25, 0.3) is 0 Å². The van der Waals surface area contributed by atoms with Gasteiger partial charge in [0.1, 0.15) is 0 Å². The van der Waals surface area contributed by atoms with E-state index in [1.807, 2.05) is 13.0 Å². The fourth-order valence-corrected chi connectivity index (χ4v) is 1.23. The van der Waals surface area contributed by atoms with Crippen LogP contribution in [0.1, 0.15) is 39.0 Å². The molecule has 0 aromatic rings. The first-order valence-electron chi connectivity index (χ1n) is 5.16. The molecule has 0 rings (SSSR count). The monoisotopic (exact) mass is 222 g/mol. The third-order valence-electron chi connectivity index (χ3n) is 2.15. The second-order valence-electron chi connectivity index (χ2n) is 3.49. The summed E-state index contributed by atoms with van der Waals surface area (Å²) in [6.07, 6.45) is -2.87. The SMILES string of the molecule is CCC(CC#N)NCCCCC(F)(F)F. The van der Waals surface area contributed by atoms with Crippen LogP contribution < -0.4 is 5.32 Å². The lowest BCUT2D eigenvalue weighted by molar-refractivity contribution is -0.135. The molecule has 0 aliphatic rings. The standard InChI is InChI=1S/C10H17F3N2/c1-2-9(5-7-14)15-8-4-3-6-10(11,12)13/h9,15H,2-6,8H2,1H3. The van der Waals surface area contributed by atoms with E-state index in [9.17, 15) is 13.2 Å². The minimum absolute atomic E-state index is 0.112. The average molecular weight is 222 g/mol. The zero-order valence-corrected chi connectivity index (χ0v) is 8.90. The molecule has 0 heterocycles. The molecule has 88 valence electrons. The van der Waals surface area contributed by atoms with Gasteiger partial charge in [-0.15, -0.1) is 0 Å². The molecular weight excluding hydrogens is 205 g/mol. The highest BCUT2D eigenvalue weighted by Gasteiger charge is 2.25. The summed E-state index contributed by atoms with van der Waals surface area (Å²) in [6.45, 7) is 2.50. The topological polar surface area (TPSA) is 35.8 Å². The summed E-state index contributed by atoms with van der Waals surface area (Å²) in [6, 6.07) is 2.15. The summed E-state index contributed by atoms with van der Waals surface area (Å²) >= 11 is 0. The Morgan fingerprint density at radius 2 is 2.00 bits per heavy atom. The van der Waals surface area contributed by atoms with Gasteiger partial charge in [0.15, 0.2) is 0 Å². The van der Waals surface area contributed by atoms with Crippen molar-refractivity contribution in [1.29, 1.82) is 5.26 Å². The molecule has 0 amide bonds. The maximum atomic E-state index is 11.8. The number of hydrogen-bond donors (Lipinski definition) is 1. The molecule has 1 atom stereocenters. The molecule has 0 aliphatic carbocycles. The van der Waals surface area contributed by atoms with Crippen molar-refractivity contribution in [2.24, 2.45) is 0 Å². The van der Waals surface area contributed by atoms with Crippen molar-refractivity contribution < 1.29 is 13.2 Å². The molecular formula is C10H17F3N2. The normalized spacial score (nSPS) is 13.5. The van der Waals surface area contributed by atoms with Gasteiger partial charge in [0.25, 0.3) is 0 Å². The smallest absolute Gasteiger partial charge is 0.313 e. The quantitative estimate of drug-likeness (QED) is 0.672.